The van der Waals surface area contributed by atoms with Crippen molar-refractivity contribution in [3.05, 3.63) is 112 Å². The lowest BCUT2D eigenvalue weighted by molar-refractivity contribution is 0.289. The van der Waals surface area contributed by atoms with Crippen LogP contribution in [0.25, 0.3) is 11.1 Å². The summed E-state index contributed by atoms with van der Waals surface area (Å²) in [5.74, 6) is -7.95. The highest BCUT2D eigenvalue weighted by atomic mass is 19.2. The van der Waals surface area contributed by atoms with Gasteiger partial charge in [-0.15, -0.1) is 0 Å². The van der Waals surface area contributed by atoms with Gasteiger partial charge >= 0.3 is 0 Å². The lowest BCUT2D eigenvalue weighted by Gasteiger charge is -2.25. The van der Waals surface area contributed by atoms with E-state index in [2.05, 4.69) is 0 Å². The summed E-state index contributed by atoms with van der Waals surface area (Å²) in [6.45, 7) is 4.00. The first-order chi connectivity index (χ1) is 19.3. The smallest absolute Gasteiger partial charge is 0.201 e. The van der Waals surface area contributed by atoms with Crippen LogP contribution >= 0.6 is 0 Å². The number of halogens is 6. The van der Waals surface area contributed by atoms with E-state index in [0.29, 0.717) is 37.7 Å². The van der Waals surface area contributed by atoms with Gasteiger partial charge in [0.2, 0.25) is 5.82 Å². The van der Waals surface area contributed by atoms with Crippen LogP contribution in [0.15, 0.2) is 60.7 Å². The zero-order valence-corrected chi connectivity index (χ0v) is 22.6. The summed E-state index contributed by atoms with van der Waals surface area (Å²) in [6, 6.07) is 8.13. The second-order valence-corrected chi connectivity index (χ2v) is 10.00. The van der Waals surface area contributed by atoms with Gasteiger partial charge in [-0.1, -0.05) is 61.9 Å². The van der Waals surface area contributed by atoms with Crippen molar-refractivity contribution in [1.82, 2.24) is 0 Å². The average molecular weight is 559 g/mol. The highest BCUT2D eigenvalue weighted by molar-refractivity contribution is 5.67. The largest absolute Gasteiger partial charge is 0.490 e. The number of unbranched alkanes of at least 4 members (excludes halogenated alkanes) is 1. The molecule has 2 atom stereocenters. The van der Waals surface area contributed by atoms with Crippen LogP contribution in [0.4, 0.5) is 26.3 Å². The fourth-order valence-electron chi connectivity index (χ4n) is 5.06. The van der Waals surface area contributed by atoms with Crippen molar-refractivity contribution in [2.45, 2.75) is 64.2 Å². The van der Waals surface area contributed by atoms with E-state index in [1.165, 1.54) is 24.3 Å². The molecule has 1 aliphatic carbocycles. The van der Waals surface area contributed by atoms with E-state index in [1.54, 1.807) is 24.3 Å². The zero-order chi connectivity index (χ0) is 28.8. The molecule has 40 heavy (non-hydrogen) atoms. The summed E-state index contributed by atoms with van der Waals surface area (Å²) < 4.78 is 94.4. The Hall–Kier alpha value is -3.48. The topological polar surface area (TPSA) is 9.23 Å². The Kier molecular flexibility index (Phi) is 9.77. The Morgan fingerprint density at radius 3 is 1.90 bits per heavy atom. The first kappa shape index (κ1) is 29.5. The first-order valence-electron chi connectivity index (χ1n) is 13.6. The number of ether oxygens (including phenoxy) is 1. The van der Waals surface area contributed by atoms with Crippen LogP contribution in [0.1, 0.15) is 74.5 Å². The van der Waals surface area contributed by atoms with Gasteiger partial charge in [-0.05, 0) is 67.9 Å². The van der Waals surface area contributed by atoms with Crippen LogP contribution in [-0.4, -0.2) is 6.61 Å². The fraction of sp³-hybridized carbons (Fsp3) is 0.333. The number of hydrogen-bond donors (Lipinski definition) is 0. The predicted molar refractivity (Wildman–Crippen MR) is 145 cm³/mol. The summed E-state index contributed by atoms with van der Waals surface area (Å²) in [7, 11) is 0. The molecule has 3 aromatic carbocycles. The molecule has 2 unspecified atom stereocenters. The Morgan fingerprint density at radius 1 is 0.725 bits per heavy atom. The highest BCUT2D eigenvalue weighted by Gasteiger charge is 2.27. The molecule has 0 bridgehead atoms. The van der Waals surface area contributed by atoms with E-state index in [0.717, 1.165) is 6.42 Å². The lowest BCUT2D eigenvalue weighted by atomic mass is 9.80. The summed E-state index contributed by atoms with van der Waals surface area (Å²) >= 11 is 0. The maximum atomic E-state index is 15.2. The lowest BCUT2D eigenvalue weighted by Crippen LogP contribution is -2.11. The molecule has 0 radical (unpaired) electrons. The maximum absolute atomic E-state index is 15.2. The summed E-state index contributed by atoms with van der Waals surface area (Å²) in [4.78, 5) is 0. The second-order valence-electron chi connectivity index (χ2n) is 10.00. The van der Waals surface area contributed by atoms with Gasteiger partial charge in [0.25, 0.3) is 0 Å². The van der Waals surface area contributed by atoms with E-state index >= 15 is 8.78 Å². The van der Waals surface area contributed by atoms with E-state index in [9.17, 15) is 17.6 Å². The minimum atomic E-state index is -1.32. The van der Waals surface area contributed by atoms with Gasteiger partial charge in [0, 0.05) is 23.0 Å². The molecule has 0 saturated carbocycles. The quantitative estimate of drug-likeness (QED) is 0.137. The van der Waals surface area contributed by atoms with Crippen LogP contribution in [-0.2, 0) is 6.42 Å². The summed E-state index contributed by atoms with van der Waals surface area (Å²) in [5, 5.41) is 0. The Labute approximate surface area is 231 Å². The fourth-order valence-corrected chi connectivity index (χ4v) is 5.06. The van der Waals surface area contributed by atoms with E-state index in [4.69, 9.17) is 4.74 Å². The molecule has 7 heteroatoms. The van der Waals surface area contributed by atoms with Gasteiger partial charge in [0.05, 0.1) is 6.61 Å². The van der Waals surface area contributed by atoms with Crippen molar-refractivity contribution in [2.24, 2.45) is 0 Å². The van der Waals surface area contributed by atoms with Crippen molar-refractivity contribution < 1.29 is 31.1 Å². The number of benzene rings is 3. The molecule has 0 aromatic heterocycles. The number of allylic oxidation sites excluding steroid dienone is 4. The molecule has 1 aliphatic rings. The molecule has 0 aliphatic heterocycles. The average Bonchev–Trinajstić information content (AvgIpc) is 2.96. The summed E-state index contributed by atoms with van der Waals surface area (Å²) in [5.41, 5.74) is -0.216. The van der Waals surface area contributed by atoms with Gasteiger partial charge in [-0.25, -0.2) is 22.0 Å². The Balaban J connectivity index is 1.53. The van der Waals surface area contributed by atoms with Gasteiger partial charge in [0.15, 0.2) is 34.8 Å². The number of hydrogen-bond acceptors (Lipinski definition) is 1. The molecule has 4 rings (SSSR count). The second kappa shape index (κ2) is 13.2. The molecule has 0 saturated heterocycles. The van der Waals surface area contributed by atoms with Crippen LogP contribution in [0, 0.1) is 34.9 Å². The third-order valence-electron chi connectivity index (χ3n) is 7.38. The standard InChI is InChI=1S/C33H32F6O/c1-3-5-7-8-22-13-14-23(29(35)28(22)34)20-9-11-21(12-10-20)24-15-16-25(31(37)30(24)36)26-17-18-27(33(39)32(26)38)40-19-6-4-2/h3,5,9,11,13-18,20-21H,4,6-8,10,12,19H2,1-2H3/b5-3+. The maximum Gasteiger partial charge on any atom is 0.201 e. The molecule has 0 amide bonds. The van der Waals surface area contributed by atoms with Gasteiger partial charge < -0.3 is 4.74 Å². The number of aryl methyl sites for hydroxylation is 1. The molecule has 1 nitrogen and oxygen atoms in total. The van der Waals surface area contributed by atoms with Gasteiger partial charge in [0.1, 0.15) is 0 Å². The van der Waals surface area contributed by atoms with Gasteiger partial charge in [-0.3, -0.25) is 0 Å². The van der Waals surface area contributed by atoms with E-state index in [-0.39, 0.29) is 23.5 Å². The minimum absolute atomic E-state index is 0.0577. The molecule has 0 N–H and O–H groups in total. The molecule has 3 aromatic rings. The first-order valence-corrected chi connectivity index (χ1v) is 13.6. The Bertz CT molecular complexity index is 1410. The van der Waals surface area contributed by atoms with Crippen LogP contribution in [0.5, 0.6) is 5.75 Å². The molecule has 0 spiro atoms. The third kappa shape index (κ3) is 6.13. The van der Waals surface area contributed by atoms with Crippen molar-refractivity contribution in [2.75, 3.05) is 6.61 Å². The number of rotatable bonds is 10. The Morgan fingerprint density at radius 2 is 1.30 bits per heavy atom. The molecule has 212 valence electrons. The molecular weight excluding hydrogens is 526 g/mol. The minimum Gasteiger partial charge on any atom is -0.490 e. The van der Waals surface area contributed by atoms with Crippen molar-refractivity contribution in [3.63, 3.8) is 0 Å². The van der Waals surface area contributed by atoms with E-state index in [1.807, 2.05) is 26.0 Å². The monoisotopic (exact) mass is 558 g/mol. The van der Waals surface area contributed by atoms with Crippen LogP contribution in [0.3, 0.4) is 0 Å². The van der Waals surface area contributed by atoms with Gasteiger partial charge in [-0.2, -0.15) is 4.39 Å². The highest BCUT2D eigenvalue weighted by Crippen LogP contribution is 2.40. The van der Waals surface area contributed by atoms with Crippen LogP contribution in [0.2, 0.25) is 0 Å². The van der Waals surface area contributed by atoms with Crippen LogP contribution < -0.4 is 4.74 Å². The van der Waals surface area contributed by atoms with Crippen molar-refractivity contribution in [3.8, 4) is 16.9 Å². The SMILES string of the molecule is C/C=C/CCc1ccc(C2C=CC(c3ccc(-c4ccc(OCCCC)c(F)c4F)c(F)c3F)CC2)c(F)c1F. The van der Waals surface area contributed by atoms with Crippen molar-refractivity contribution >= 4 is 0 Å². The normalized spacial score (nSPS) is 17.1. The molecular formula is C33H32F6O. The predicted octanol–water partition coefficient (Wildman–Crippen LogP) is 10.1. The molecule has 0 fully saturated rings. The molecule has 0 heterocycles. The van der Waals surface area contributed by atoms with E-state index < -0.39 is 57.9 Å². The summed E-state index contributed by atoms with van der Waals surface area (Å²) in [6.07, 6.45) is 10.3. The van der Waals surface area contributed by atoms with Crippen molar-refractivity contribution in [1.29, 1.82) is 0 Å². The zero-order valence-electron chi connectivity index (χ0n) is 22.6. The third-order valence-corrected chi connectivity index (χ3v) is 7.38.